The Kier molecular flexibility index (Phi) is 5.43. The molecule has 0 fully saturated rings. The lowest BCUT2D eigenvalue weighted by molar-refractivity contribution is -0.222. The molecule has 1 aliphatic rings. The van der Waals surface area contributed by atoms with E-state index in [1.165, 1.54) is 5.06 Å². The van der Waals surface area contributed by atoms with E-state index in [2.05, 4.69) is 27.7 Å². The van der Waals surface area contributed by atoms with Crippen molar-refractivity contribution in [1.82, 2.24) is 5.06 Å². The number of hydrogen-bond donors (Lipinski definition) is 1. The van der Waals surface area contributed by atoms with Crippen molar-refractivity contribution < 1.29 is 14.4 Å². The monoisotopic (exact) mass is 384 g/mol. The van der Waals surface area contributed by atoms with Gasteiger partial charge >= 0.3 is 0 Å². The largest absolute Gasteiger partial charge is 0.478 e. The van der Waals surface area contributed by atoms with Crippen LogP contribution in [-0.4, -0.2) is 28.3 Å². The molecule has 2 atom stereocenters. The Balaban J connectivity index is 2.09. The van der Waals surface area contributed by atoms with Gasteiger partial charge in [0.25, 0.3) is 0 Å². The lowest BCUT2D eigenvalue weighted by Crippen LogP contribution is -2.50. The van der Waals surface area contributed by atoms with Gasteiger partial charge in [0.1, 0.15) is 18.4 Å². The highest BCUT2D eigenvalue weighted by Gasteiger charge is 2.51. The van der Waals surface area contributed by atoms with Gasteiger partial charge in [-0.15, -0.1) is 0 Å². The molecule has 1 N–H and O–H groups in total. The van der Waals surface area contributed by atoms with Crippen LogP contribution in [0.2, 0.25) is 0 Å². The molecule has 0 amide bonds. The molecule has 0 radical (unpaired) electrons. The third kappa shape index (κ3) is 3.61. The molecular weight excluding hydrogens is 352 g/mol. The van der Waals surface area contributed by atoms with E-state index in [1.54, 1.807) is 6.26 Å². The van der Waals surface area contributed by atoms with Crippen LogP contribution in [0.5, 0.6) is 0 Å². The first-order chi connectivity index (χ1) is 13.1. The second-order valence-electron chi connectivity index (χ2n) is 8.98. The van der Waals surface area contributed by atoms with Gasteiger partial charge in [0.2, 0.25) is 0 Å². The summed E-state index contributed by atoms with van der Waals surface area (Å²) in [6, 6.07) is 13.3. The van der Waals surface area contributed by atoms with Gasteiger partial charge in [-0.05, 0) is 58.7 Å². The van der Waals surface area contributed by atoms with E-state index in [0.29, 0.717) is 18.3 Å². The van der Waals surface area contributed by atoms with Gasteiger partial charge in [-0.1, -0.05) is 37.3 Å². The molecule has 2 aromatic rings. The average molecular weight is 385 g/mol. The van der Waals surface area contributed by atoms with Crippen molar-refractivity contribution in [2.75, 3.05) is 6.61 Å². The molecule has 152 valence electrons. The lowest BCUT2D eigenvalue weighted by atomic mass is 9.76. The molecule has 2 heterocycles. The molecule has 1 aromatic carbocycles. The van der Waals surface area contributed by atoms with E-state index >= 15 is 0 Å². The zero-order valence-electron chi connectivity index (χ0n) is 17.8. The molecule has 1 aromatic heterocycles. The quantitative estimate of drug-likeness (QED) is 0.634. The van der Waals surface area contributed by atoms with Crippen LogP contribution in [0, 0.1) is 5.41 Å². The predicted molar refractivity (Wildman–Crippen MR) is 110 cm³/mol. The number of benzene rings is 1. The first-order valence-electron chi connectivity index (χ1n) is 9.92. The average Bonchev–Trinajstić information content (AvgIpc) is 3.32. The minimum absolute atomic E-state index is 0.269. The smallest absolute Gasteiger partial charge is 0.192 e. The Bertz CT molecular complexity index is 812. The molecule has 3 rings (SSSR count). The van der Waals surface area contributed by atoms with Gasteiger partial charge in [0.05, 0.1) is 22.8 Å². The Morgan fingerprint density at radius 1 is 1.14 bits per heavy atom. The molecule has 1 aliphatic heterocycles. The summed E-state index contributed by atoms with van der Waals surface area (Å²) in [7, 11) is 0. The van der Waals surface area contributed by atoms with Crippen LogP contribution in [0.15, 0.2) is 58.1 Å². The van der Waals surface area contributed by atoms with Crippen LogP contribution < -0.4 is 0 Å². The van der Waals surface area contributed by atoms with E-state index in [9.17, 15) is 5.21 Å². The summed E-state index contributed by atoms with van der Waals surface area (Å²) >= 11 is 0. The molecule has 5 nitrogen and oxygen atoms in total. The number of rotatable bonds is 7. The third-order valence-electron chi connectivity index (χ3n) is 5.90. The first-order valence-corrected chi connectivity index (χ1v) is 9.92. The molecule has 0 spiro atoms. The van der Waals surface area contributed by atoms with E-state index in [4.69, 9.17) is 14.1 Å². The van der Waals surface area contributed by atoms with Crippen molar-refractivity contribution in [3.8, 4) is 0 Å². The van der Waals surface area contributed by atoms with Gasteiger partial charge < -0.3 is 14.4 Å². The topological polar surface area (TPSA) is 58.2 Å². The molecule has 0 bridgehead atoms. The molecular formula is C23H32N2O3. The summed E-state index contributed by atoms with van der Waals surface area (Å²) in [5.41, 5.74) is -0.465. The van der Waals surface area contributed by atoms with Crippen LogP contribution in [0.1, 0.15) is 65.3 Å². The minimum Gasteiger partial charge on any atom is -0.478 e. The van der Waals surface area contributed by atoms with Gasteiger partial charge in [-0.2, -0.15) is 5.06 Å². The van der Waals surface area contributed by atoms with Gasteiger partial charge in [0.15, 0.2) is 5.90 Å². The van der Waals surface area contributed by atoms with Gasteiger partial charge in [-0.3, -0.25) is 0 Å². The van der Waals surface area contributed by atoms with Crippen LogP contribution in [0.4, 0.5) is 0 Å². The summed E-state index contributed by atoms with van der Waals surface area (Å²) in [6.45, 7) is 12.9. The van der Waals surface area contributed by atoms with Crippen molar-refractivity contribution in [1.29, 1.82) is 0 Å². The van der Waals surface area contributed by atoms with Crippen molar-refractivity contribution in [2.24, 2.45) is 10.4 Å². The fourth-order valence-corrected chi connectivity index (χ4v) is 3.79. The van der Waals surface area contributed by atoms with Crippen molar-refractivity contribution in [3.05, 3.63) is 60.1 Å². The van der Waals surface area contributed by atoms with Crippen molar-refractivity contribution >= 4 is 5.90 Å². The Hall–Kier alpha value is -2.11. The minimum atomic E-state index is -0.649. The summed E-state index contributed by atoms with van der Waals surface area (Å²) in [5, 5.41) is 13.0. The summed E-state index contributed by atoms with van der Waals surface area (Å²) < 4.78 is 11.8. The van der Waals surface area contributed by atoms with E-state index in [1.807, 2.05) is 56.3 Å². The van der Waals surface area contributed by atoms with Crippen LogP contribution >= 0.6 is 0 Å². The maximum Gasteiger partial charge on any atom is 0.192 e. The fraction of sp³-hybridized carbons (Fsp3) is 0.522. The molecule has 28 heavy (non-hydrogen) atoms. The zero-order valence-corrected chi connectivity index (χ0v) is 17.8. The van der Waals surface area contributed by atoms with Crippen LogP contribution in [0.3, 0.4) is 0 Å². The van der Waals surface area contributed by atoms with E-state index in [-0.39, 0.29) is 5.54 Å². The SMILES string of the molecule is CCC(C)(C1=NC(C)(C)CO1)C(c1ccco1)N(O)C(C)(C)c1ccccc1. The highest BCUT2D eigenvalue weighted by atomic mass is 16.5. The standard InChI is InChI=1S/C23H32N2O3/c1-7-23(6,20-24-21(2,3)16-28-20)19(18-14-11-15-27-18)25(26)22(4,5)17-12-9-8-10-13-17/h8-15,19,26H,7,16H2,1-6H3. The number of hydrogen-bond acceptors (Lipinski definition) is 5. The first kappa shape index (κ1) is 20.6. The fourth-order valence-electron chi connectivity index (χ4n) is 3.79. The van der Waals surface area contributed by atoms with E-state index < -0.39 is 17.0 Å². The molecule has 0 saturated carbocycles. The molecule has 0 aliphatic carbocycles. The number of ether oxygens (including phenoxy) is 1. The summed E-state index contributed by atoms with van der Waals surface area (Å²) in [6.07, 6.45) is 2.37. The number of hydroxylamine groups is 2. The second kappa shape index (κ2) is 7.37. The van der Waals surface area contributed by atoms with Crippen LogP contribution in [-0.2, 0) is 10.3 Å². The highest BCUT2D eigenvalue weighted by Crippen LogP contribution is 2.48. The number of nitrogens with zero attached hydrogens (tertiary/aromatic N) is 2. The Labute approximate surface area is 168 Å². The molecule has 0 saturated heterocycles. The molecule has 5 heteroatoms. The molecule has 2 unspecified atom stereocenters. The van der Waals surface area contributed by atoms with Gasteiger partial charge in [-0.25, -0.2) is 4.99 Å². The highest BCUT2D eigenvalue weighted by molar-refractivity contribution is 5.85. The number of furan rings is 1. The maximum absolute atomic E-state index is 11.6. The normalized spacial score (nSPS) is 19.8. The zero-order chi connectivity index (χ0) is 20.6. The summed E-state index contributed by atoms with van der Waals surface area (Å²) in [4.78, 5) is 4.85. The van der Waals surface area contributed by atoms with Crippen molar-refractivity contribution in [3.63, 3.8) is 0 Å². The second-order valence-corrected chi connectivity index (χ2v) is 8.98. The Morgan fingerprint density at radius 2 is 1.82 bits per heavy atom. The van der Waals surface area contributed by atoms with E-state index in [0.717, 1.165) is 12.0 Å². The van der Waals surface area contributed by atoms with Crippen LogP contribution in [0.25, 0.3) is 0 Å². The lowest BCUT2D eigenvalue weighted by Gasteiger charge is -2.45. The van der Waals surface area contributed by atoms with Crippen molar-refractivity contribution in [2.45, 2.75) is 65.1 Å². The third-order valence-corrected chi connectivity index (χ3v) is 5.90. The van der Waals surface area contributed by atoms with Gasteiger partial charge in [0, 0.05) is 0 Å². The summed E-state index contributed by atoms with van der Waals surface area (Å²) in [5.74, 6) is 1.36. The number of aliphatic imine (C=N–C) groups is 1. The maximum atomic E-state index is 11.6. The predicted octanol–water partition coefficient (Wildman–Crippen LogP) is 5.57. The Morgan fingerprint density at radius 3 is 2.32 bits per heavy atom.